The molecule has 1 unspecified atom stereocenters. The van der Waals surface area contributed by atoms with Gasteiger partial charge in [0.05, 0.1) is 6.61 Å². The lowest BCUT2D eigenvalue weighted by Gasteiger charge is -2.17. The predicted octanol–water partition coefficient (Wildman–Crippen LogP) is 4.54. The van der Waals surface area contributed by atoms with E-state index in [4.69, 9.17) is 10.5 Å². The summed E-state index contributed by atoms with van der Waals surface area (Å²) in [6, 6.07) is 10.6. The van der Waals surface area contributed by atoms with Crippen molar-refractivity contribution in [3.63, 3.8) is 0 Å². The van der Waals surface area contributed by atoms with Crippen LogP contribution in [0.1, 0.15) is 28.3 Å². The Morgan fingerprint density at radius 1 is 1.38 bits per heavy atom. The van der Waals surface area contributed by atoms with Crippen LogP contribution in [0, 0.1) is 10.5 Å². The van der Waals surface area contributed by atoms with Crippen LogP contribution >= 0.6 is 38.5 Å². The largest absolute Gasteiger partial charge is 0.493 e. The highest BCUT2D eigenvalue weighted by atomic mass is 127. The zero-order valence-corrected chi connectivity index (χ0v) is 15.6. The predicted molar refractivity (Wildman–Crippen MR) is 97.9 cm³/mol. The smallest absolute Gasteiger partial charge is 0.125 e. The molecule has 0 aliphatic carbocycles. The molecule has 110 valence electrons. The van der Waals surface area contributed by atoms with Gasteiger partial charge in [0.2, 0.25) is 0 Å². The SMILES string of the molecule is Cc1cccc(C(N)Cc2cc(Br)cc3c2OCC3)c1I. The van der Waals surface area contributed by atoms with Gasteiger partial charge < -0.3 is 10.5 Å². The number of rotatable bonds is 3. The summed E-state index contributed by atoms with van der Waals surface area (Å²) < 4.78 is 8.16. The van der Waals surface area contributed by atoms with Crippen molar-refractivity contribution in [2.75, 3.05) is 6.61 Å². The highest BCUT2D eigenvalue weighted by Gasteiger charge is 2.20. The van der Waals surface area contributed by atoms with Gasteiger partial charge in [-0.3, -0.25) is 0 Å². The van der Waals surface area contributed by atoms with Gasteiger partial charge >= 0.3 is 0 Å². The van der Waals surface area contributed by atoms with Gasteiger partial charge in [0, 0.05) is 20.5 Å². The van der Waals surface area contributed by atoms with Gasteiger partial charge in [-0.1, -0.05) is 34.1 Å². The number of benzene rings is 2. The van der Waals surface area contributed by atoms with Crippen LogP contribution in [-0.2, 0) is 12.8 Å². The quantitative estimate of drug-likeness (QED) is 0.686. The molecule has 2 N–H and O–H groups in total. The van der Waals surface area contributed by atoms with E-state index >= 15 is 0 Å². The third kappa shape index (κ3) is 3.12. The van der Waals surface area contributed by atoms with Crippen molar-refractivity contribution in [3.8, 4) is 5.75 Å². The minimum atomic E-state index is -0.0144. The molecule has 2 nitrogen and oxygen atoms in total. The summed E-state index contributed by atoms with van der Waals surface area (Å²) in [5.74, 6) is 1.04. The molecular weight excluding hydrogens is 441 g/mol. The van der Waals surface area contributed by atoms with Crippen LogP contribution in [-0.4, -0.2) is 6.61 Å². The number of nitrogens with two attached hydrogens (primary N) is 1. The molecule has 0 saturated heterocycles. The van der Waals surface area contributed by atoms with Crippen LogP contribution in [0.2, 0.25) is 0 Å². The van der Waals surface area contributed by atoms with E-state index in [1.165, 1.54) is 25.8 Å². The standard InChI is InChI=1S/C17H17BrINO/c1-10-3-2-4-14(16(10)19)15(20)9-12-8-13(18)7-11-5-6-21-17(11)12/h2-4,7-8,15H,5-6,9,20H2,1H3. The summed E-state index contributed by atoms with van der Waals surface area (Å²) in [5.41, 5.74) is 11.4. The molecule has 0 spiro atoms. The molecule has 3 rings (SSSR count). The first-order valence-electron chi connectivity index (χ1n) is 7.01. The van der Waals surface area contributed by atoms with Crippen molar-refractivity contribution in [3.05, 3.63) is 60.6 Å². The minimum Gasteiger partial charge on any atom is -0.493 e. The van der Waals surface area contributed by atoms with Gasteiger partial charge in [0.25, 0.3) is 0 Å². The fourth-order valence-corrected chi connectivity index (χ4v) is 4.11. The highest BCUT2D eigenvalue weighted by Crippen LogP contribution is 2.35. The Morgan fingerprint density at radius 3 is 3.00 bits per heavy atom. The van der Waals surface area contributed by atoms with E-state index in [2.05, 4.69) is 75.8 Å². The Hall–Kier alpha value is -0.590. The molecule has 0 bridgehead atoms. The molecule has 0 fully saturated rings. The maximum absolute atomic E-state index is 6.47. The van der Waals surface area contributed by atoms with Crippen LogP contribution in [0.25, 0.3) is 0 Å². The van der Waals surface area contributed by atoms with Crippen molar-refractivity contribution in [2.24, 2.45) is 5.73 Å². The minimum absolute atomic E-state index is 0.0144. The van der Waals surface area contributed by atoms with Crippen molar-refractivity contribution in [1.82, 2.24) is 0 Å². The fraction of sp³-hybridized carbons (Fsp3) is 0.294. The average molecular weight is 458 g/mol. The second-order valence-electron chi connectivity index (χ2n) is 5.44. The second kappa shape index (κ2) is 6.26. The van der Waals surface area contributed by atoms with E-state index in [-0.39, 0.29) is 6.04 Å². The Balaban J connectivity index is 1.92. The molecule has 1 aliphatic heterocycles. The fourth-order valence-electron chi connectivity index (χ4n) is 2.80. The Labute approximate surface area is 147 Å². The van der Waals surface area contributed by atoms with Crippen molar-refractivity contribution in [2.45, 2.75) is 25.8 Å². The third-order valence-corrected chi connectivity index (χ3v) is 5.82. The summed E-state index contributed by atoms with van der Waals surface area (Å²) >= 11 is 5.98. The summed E-state index contributed by atoms with van der Waals surface area (Å²) in [4.78, 5) is 0. The molecular formula is C17H17BrINO. The Bertz CT molecular complexity index is 687. The lowest BCUT2D eigenvalue weighted by molar-refractivity contribution is 0.352. The number of ether oxygens (including phenoxy) is 1. The topological polar surface area (TPSA) is 35.2 Å². The van der Waals surface area contributed by atoms with Crippen LogP contribution in [0.4, 0.5) is 0 Å². The molecule has 21 heavy (non-hydrogen) atoms. The van der Waals surface area contributed by atoms with E-state index < -0.39 is 0 Å². The van der Waals surface area contributed by atoms with E-state index in [0.29, 0.717) is 0 Å². The van der Waals surface area contributed by atoms with Crippen LogP contribution in [0.15, 0.2) is 34.8 Å². The Morgan fingerprint density at radius 2 is 2.19 bits per heavy atom. The average Bonchev–Trinajstić information content (AvgIpc) is 2.90. The zero-order valence-electron chi connectivity index (χ0n) is 11.8. The van der Waals surface area contributed by atoms with Gasteiger partial charge in [-0.05, 0) is 70.3 Å². The first-order valence-corrected chi connectivity index (χ1v) is 8.88. The molecule has 0 aromatic heterocycles. The van der Waals surface area contributed by atoms with Crippen molar-refractivity contribution >= 4 is 38.5 Å². The summed E-state index contributed by atoms with van der Waals surface area (Å²) in [5, 5.41) is 0. The van der Waals surface area contributed by atoms with E-state index in [9.17, 15) is 0 Å². The van der Waals surface area contributed by atoms with Gasteiger partial charge in [-0.25, -0.2) is 0 Å². The lowest BCUT2D eigenvalue weighted by Crippen LogP contribution is -2.15. The summed E-state index contributed by atoms with van der Waals surface area (Å²) in [6.45, 7) is 2.90. The second-order valence-corrected chi connectivity index (χ2v) is 7.43. The first-order chi connectivity index (χ1) is 10.1. The molecule has 0 amide bonds. The monoisotopic (exact) mass is 457 g/mol. The van der Waals surface area contributed by atoms with Gasteiger partial charge in [-0.15, -0.1) is 0 Å². The Kier molecular flexibility index (Phi) is 4.57. The zero-order chi connectivity index (χ0) is 15.0. The molecule has 0 saturated carbocycles. The molecule has 1 aliphatic rings. The summed E-state index contributed by atoms with van der Waals surface area (Å²) in [6.07, 6.45) is 1.78. The number of hydrogen-bond acceptors (Lipinski definition) is 2. The maximum Gasteiger partial charge on any atom is 0.125 e. The van der Waals surface area contributed by atoms with Crippen LogP contribution in [0.3, 0.4) is 0 Å². The van der Waals surface area contributed by atoms with Crippen LogP contribution < -0.4 is 10.5 Å². The van der Waals surface area contributed by atoms with Crippen molar-refractivity contribution in [1.29, 1.82) is 0 Å². The number of fused-ring (bicyclic) bond motifs is 1. The third-order valence-electron chi connectivity index (χ3n) is 3.89. The highest BCUT2D eigenvalue weighted by molar-refractivity contribution is 14.1. The van der Waals surface area contributed by atoms with Gasteiger partial charge in [0.15, 0.2) is 0 Å². The first kappa shape index (κ1) is 15.3. The molecule has 1 heterocycles. The maximum atomic E-state index is 6.47. The number of aryl methyl sites for hydroxylation is 1. The molecule has 2 aromatic rings. The summed E-state index contributed by atoms with van der Waals surface area (Å²) in [7, 11) is 0. The van der Waals surface area contributed by atoms with E-state index in [1.54, 1.807) is 0 Å². The van der Waals surface area contributed by atoms with Gasteiger partial charge in [-0.2, -0.15) is 0 Å². The molecule has 4 heteroatoms. The van der Waals surface area contributed by atoms with Crippen molar-refractivity contribution < 1.29 is 4.74 Å². The number of halogens is 2. The van der Waals surface area contributed by atoms with Crippen LogP contribution in [0.5, 0.6) is 5.75 Å². The number of hydrogen-bond donors (Lipinski definition) is 1. The molecule has 1 atom stereocenters. The molecule has 0 radical (unpaired) electrons. The van der Waals surface area contributed by atoms with Gasteiger partial charge in [0.1, 0.15) is 5.75 Å². The van der Waals surface area contributed by atoms with E-state index in [1.807, 2.05) is 0 Å². The molecule has 2 aromatic carbocycles. The van der Waals surface area contributed by atoms with E-state index in [0.717, 1.165) is 29.7 Å². The lowest BCUT2D eigenvalue weighted by atomic mass is 9.96. The normalized spacial score (nSPS) is 14.7.